The lowest BCUT2D eigenvalue weighted by atomic mass is 10.1. The van der Waals surface area contributed by atoms with E-state index in [1.54, 1.807) is 17.8 Å². The molecule has 0 fully saturated rings. The lowest BCUT2D eigenvalue weighted by Crippen LogP contribution is -2.30. The number of amides is 2. The molecule has 1 unspecified atom stereocenters. The zero-order valence-electron chi connectivity index (χ0n) is 13.5. The van der Waals surface area contributed by atoms with Crippen LogP contribution in [0.1, 0.15) is 40.5 Å². The zero-order chi connectivity index (χ0) is 17.5. The van der Waals surface area contributed by atoms with Crippen molar-refractivity contribution in [1.29, 1.82) is 0 Å². The molecule has 1 aliphatic rings. The molecule has 1 aromatic rings. The van der Waals surface area contributed by atoms with Crippen LogP contribution in [0.25, 0.3) is 0 Å². The van der Waals surface area contributed by atoms with E-state index in [1.165, 1.54) is 18.6 Å². The van der Waals surface area contributed by atoms with Crippen LogP contribution in [-0.4, -0.2) is 41.9 Å². The van der Waals surface area contributed by atoms with Gasteiger partial charge in [0.05, 0.1) is 0 Å². The summed E-state index contributed by atoms with van der Waals surface area (Å²) in [6, 6.07) is 4.09. The smallest absolute Gasteiger partial charge is 0.319 e. The first-order valence-electron chi connectivity index (χ1n) is 7.88. The molecule has 24 heavy (non-hydrogen) atoms. The first-order chi connectivity index (χ1) is 11.6. The molecule has 7 heteroatoms. The van der Waals surface area contributed by atoms with Crippen LogP contribution in [0.4, 0.5) is 10.5 Å². The van der Waals surface area contributed by atoms with Crippen molar-refractivity contribution in [3.8, 4) is 0 Å². The van der Waals surface area contributed by atoms with E-state index in [9.17, 15) is 19.2 Å². The van der Waals surface area contributed by atoms with Gasteiger partial charge in [0.2, 0.25) is 0 Å². The van der Waals surface area contributed by atoms with Crippen molar-refractivity contribution >= 4 is 41.3 Å². The topological polar surface area (TPSA) is 92.3 Å². The number of hydrogen-bond donors (Lipinski definition) is 2. The minimum Gasteiger partial charge on any atom is -0.337 e. The Labute approximate surface area is 144 Å². The predicted octanol–water partition coefficient (Wildman–Crippen LogP) is 2.54. The second kappa shape index (κ2) is 8.63. The number of thioether (sulfide) groups is 1. The Balaban J connectivity index is 1.87. The summed E-state index contributed by atoms with van der Waals surface area (Å²) in [6.07, 6.45) is 2.69. The molecule has 6 nitrogen and oxygen atoms in total. The lowest BCUT2D eigenvalue weighted by Gasteiger charge is -2.08. The van der Waals surface area contributed by atoms with Gasteiger partial charge in [-0.2, -0.15) is 11.8 Å². The maximum absolute atomic E-state index is 12.0. The highest BCUT2D eigenvalue weighted by atomic mass is 32.2. The SMILES string of the molecule is CCCCSCCNC(=O)Nc1ccc2c(c1)C(=O)C(C=O)C2=O. The molecule has 0 spiro atoms. The molecule has 128 valence electrons. The standard InChI is InChI=1S/C17H20N2O4S/c1-2-3-7-24-8-6-18-17(23)19-11-4-5-12-13(9-11)16(22)14(10-20)15(12)21/h4-5,9-10,14H,2-3,6-8H2,1H3,(H2,18,19,23). The van der Waals surface area contributed by atoms with E-state index in [1.807, 2.05) is 0 Å². The Kier molecular flexibility index (Phi) is 6.54. The molecule has 0 aliphatic heterocycles. The number of fused-ring (bicyclic) bond motifs is 1. The average Bonchev–Trinajstić information content (AvgIpc) is 2.81. The van der Waals surface area contributed by atoms with Gasteiger partial charge in [-0.3, -0.25) is 9.59 Å². The molecule has 0 saturated heterocycles. The number of hydrogen-bond acceptors (Lipinski definition) is 5. The molecule has 1 aliphatic carbocycles. The molecule has 2 amide bonds. The van der Waals surface area contributed by atoms with Gasteiger partial charge in [0.25, 0.3) is 0 Å². The third kappa shape index (κ3) is 4.23. The van der Waals surface area contributed by atoms with Gasteiger partial charge in [-0.25, -0.2) is 4.79 Å². The molecule has 0 radical (unpaired) electrons. The van der Waals surface area contributed by atoms with Gasteiger partial charge >= 0.3 is 6.03 Å². The van der Waals surface area contributed by atoms with Crippen molar-refractivity contribution in [2.75, 3.05) is 23.4 Å². The number of rotatable bonds is 8. The van der Waals surface area contributed by atoms with Crippen molar-refractivity contribution in [1.82, 2.24) is 5.32 Å². The molecule has 2 rings (SSSR count). The summed E-state index contributed by atoms with van der Waals surface area (Å²) in [6.45, 7) is 2.69. The molecule has 0 bridgehead atoms. The van der Waals surface area contributed by atoms with Crippen molar-refractivity contribution in [3.05, 3.63) is 29.3 Å². The maximum Gasteiger partial charge on any atom is 0.319 e. The van der Waals surface area contributed by atoms with Crippen molar-refractivity contribution in [2.24, 2.45) is 5.92 Å². The fourth-order valence-electron chi connectivity index (χ4n) is 2.38. The number of aldehydes is 1. The number of benzene rings is 1. The minimum atomic E-state index is -1.25. The Hall–Kier alpha value is -2.15. The third-order valence-corrected chi connectivity index (χ3v) is 4.75. The van der Waals surface area contributed by atoms with E-state index in [2.05, 4.69) is 17.6 Å². The fourth-order valence-corrected chi connectivity index (χ4v) is 3.32. The quantitative estimate of drug-likeness (QED) is 0.428. The summed E-state index contributed by atoms with van der Waals surface area (Å²) in [5.41, 5.74) is 0.831. The second-order valence-electron chi connectivity index (χ2n) is 5.45. The number of unbranched alkanes of at least 4 members (excludes halogenated alkanes) is 1. The highest BCUT2D eigenvalue weighted by molar-refractivity contribution is 7.99. The molecular weight excluding hydrogens is 328 g/mol. The number of anilines is 1. The summed E-state index contributed by atoms with van der Waals surface area (Å²) in [4.78, 5) is 46.5. The molecule has 0 heterocycles. The van der Waals surface area contributed by atoms with Crippen LogP contribution in [0.3, 0.4) is 0 Å². The van der Waals surface area contributed by atoms with Crippen LogP contribution in [-0.2, 0) is 4.79 Å². The maximum atomic E-state index is 12.0. The third-order valence-electron chi connectivity index (χ3n) is 3.68. The number of carbonyl (C=O) groups excluding carboxylic acids is 4. The molecular formula is C17H20N2O4S. The summed E-state index contributed by atoms with van der Waals surface area (Å²) >= 11 is 1.79. The van der Waals surface area contributed by atoms with Crippen LogP contribution >= 0.6 is 11.8 Å². The summed E-state index contributed by atoms with van der Waals surface area (Å²) < 4.78 is 0. The second-order valence-corrected chi connectivity index (χ2v) is 6.67. The highest BCUT2D eigenvalue weighted by Crippen LogP contribution is 2.28. The van der Waals surface area contributed by atoms with Gasteiger partial charge in [-0.1, -0.05) is 13.3 Å². The van der Waals surface area contributed by atoms with Crippen LogP contribution in [0, 0.1) is 5.92 Å². The Morgan fingerprint density at radius 2 is 1.96 bits per heavy atom. The Morgan fingerprint density at radius 3 is 2.67 bits per heavy atom. The number of ketones is 2. The van der Waals surface area contributed by atoms with Gasteiger partial charge in [-0.05, 0) is 30.4 Å². The minimum absolute atomic E-state index is 0.185. The highest BCUT2D eigenvalue weighted by Gasteiger charge is 2.38. The van der Waals surface area contributed by atoms with Crippen LogP contribution < -0.4 is 10.6 Å². The van der Waals surface area contributed by atoms with Crippen molar-refractivity contribution < 1.29 is 19.2 Å². The van der Waals surface area contributed by atoms with Gasteiger partial charge in [-0.15, -0.1) is 0 Å². The van der Waals surface area contributed by atoms with E-state index >= 15 is 0 Å². The fraction of sp³-hybridized carbons (Fsp3) is 0.412. The summed E-state index contributed by atoms with van der Waals surface area (Å²) in [5, 5.41) is 5.37. The van der Waals surface area contributed by atoms with Gasteiger partial charge in [0, 0.05) is 29.1 Å². The Morgan fingerprint density at radius 1 is 1.21 bits per heavy atom. The van der Waals surface area contributed by atoms with E-state index < -0.39 is 17.5 Å². The average molecular weight is 348 g/mol. The molecule has 2 N–H and O–H groups in total. The van der Waals surface area contributed by atoms with Crippen molar-refractivity contribution in [2.45, 2.75) is 19.8 Å². The van der Waals surface area contributed by atoms with E-state index in [0.717, 1.165) is 17.9 Å². The van der Waals surface area contributed by atoms with Crippen LogP contribution in [0.15, 0.2) is 18.2 Å². The van der Waals surface area contributed by atoms with E-state index in [-0.39, 0.29) is 17.2 Å². The van der Waals surface area contributed by atoms with Crippen LogP contribution in [0.2, 0.25) is 0 Å². The first-order valence-corrected chi connectivity index (χ1v) is 9.04. The molecule has 1 atom stereocenters. The van der Waals surface area contributed by atoms with Gasteiger partial charge in [0.1, 0.15) is 12.2 Å². The normalized spacial score (nSPS) is 16.0. The van der Waals surface area contributed by atoms with Crippen LogP contribution in [0.5, 0.6) is 0 Å². The largest absolute Gasteiger partial charge is 0.337 e. The number of nitrogens with one attached hydrogen (secondary N) is 2. The van der Waals surface area contributed by atoms with Gasteiger partial charge in [0.15, 0.2) is 11.6 Å². The molecule has 0 saturated carbocycles. The van der Waals surface area contributed by atoms with Gasteiger partial charge < -0.3 is 15.4 Å². The summed E-state index contributed by atoms with van der Waals surface area (Å²) in [7, 11) is 0. The lowest BCUT2D eigenvalue weighted by molar-refractivity contribution is -0.108. The zero-order valence-corrected chi connectivity index (χ0v) is 14.3. The van der Waals surface area contributed by atoms with E-state index in [0.29, 0.717) is 18.5 Å². The van der Waals surface area contributed by atoms with Crippen molar-refractivity contribution in [3.63, 3.8) is 0 Å². The Bertz CT molecular complexity index is 660. The molecule has 1 aromatic carbocycles. The number of urea groups is 1. The summed E-state index contributed by atoms with van der Waals surface area (Å²) in [5.74, 6) is -0.319. The predicted molar refractivity (Wildman–Crippen MR) is 93.9 cm³/mol. The van der Waals surface area contributed by atoms with E-state index in [4.69, 9.17) is 0 Å². The number of Topliss-reactive ketones (excluding diaryl/α,β-unsaturated/α-hetero) is 2. The first kappa shape index (κ1) is 18.2. The monoisotopic (exact) mass is 348 g/mol. The number of carbonyl (C=O) groups is 4. The molecule has 0 aromatic heterocycles.